The van der Waals surface area contributed by atoms with Crippen molar-refractivity contribution < 1.29 is 23.5 Å². The van der Waals surface area contributed by atoms with Crippen LogP contribution in [0, 0.1) is 23.5 Å². The quantitative estimate of drug-likeness (QED) is 0.838. The number of carboxylic acid groups (broad SMARTS) is 1. The van der Waals surface area contributed by atoms with Crippen molar-refractivity contribution in [2.24, 2.45) is 11.8 Å². The van der Waals surface area contributed by atoms with Gasteiger partial charge in [-0.25, -0.2) is 8.78 Å². The minimum atomic E-state index is -0.973. The Balaban J connectivity index is 2.08. The van der Waals surface area contributed by atoms with Crippen molar-refractivity contribution in [1.82, 2.24) is 4.90 Å². The lowest BCUT2D eigenvalue weighted by Crippen LogP contribution is -2.37. The number of halogens is 2. The van der Waals surface area contributed by atoms with Gasteiger partial charge in [0.2, 0.25) is 5.91 Å². The standard InChI is InChI=1S/C17H21F2NO3/c1-10(2)9-20(7-6-15(21)22)17(23)12-8-11(12)16-13(18)4-3-5-14(16)19/h3-5,10-12H,6-9H2,1-2H3,(H,21,22). The van der Waals surface area contributed by atoms with E-state index in [1.807, 2.05) is 13.8 Å². The zero-order chi connectivity index (χ0) is 17.1. The van der Waals surface area contributed by atoms with E-state index in [1.54, 1.807) is 0 Å². The first kappa shape index (κ1) is 17.4. The lowest BCUT2D eigenvalue weighted by molar-refractivity contribution is -0.139. The van der Waals surface area contributed by atoms with Crippen LogP contribution in [0.15, 0.2) is 18.2 Å². The Morgan fingerprint density at radius 2 is 1.91 bits per heavy atom. The molecule has 0 bridgehead atoms. The highest BCUT2D eigenvalue weighted by Crippen LogP contribution is 2.50. The van der Waals surface area contributed by atoms with Crippen molar-refractivity contribution in [2.75, 3.05) is 13.1 Å². The van der Waals surface area contributed by atoms with Gasteiger partial charge in [0.1, 0.15) is 11.6 Å². The number of carbonyl (C=O) groups is 2. The van der Waals surface area contributed by atoms with Gasteiger partial charge in [-0.1, -0.05) is 19.9 Å². The van der Waals surface area contributed by atoms with Gasteiger partial charge < -0.3 is 10.0 Å². The van der Waals surface area contributed by atoms with E-state index in [2.05, 4.69) is 0 Å². The van der Waals surface area contributed by atoms with Crippen molar-refractivity contribution in [2.45, 2.75) is 32.6 Å². The molecule has 1 aliphatic rings. The summed E-state index contributed by atoms with van der Waals surface area (Å²) in [5.74, 6) is -3.18. The number of hydrogen-bond donors (Lipinski definition) is 1. The summed E-state index contributed by atoms with van der Waals surface area (Å²) < 4.78 is 27.6. The van der Waals surface area contributed by atoms with Gasteiger partial charge in [-0.3, -0.25) is 9.59 Å². The molecule has 0 aromatic heterocycles. The second-order valence-corrected chi connectivity index (χ2v) is 6.41. The fraction of sp³-hybridized carbons (Fsp3) is 0.529. The number of amides is 1. The largest absolute Gasteiger partial charge is 0.481 e. The second-order valence-electron chi connectivity index (χ2n) is 6.41. The SMILES string of the molecule is CC(C)CN(CCC(=O)O)C(=O)C1CC1c1c(F)cccc1F. The maximum absolute atomic E-state index is 13.8. The molecule has 0 radical (unpaired) electrons. The smallest absolute Gasteiger partial charge is 0.305 e. The van der Waals surface area contributed by atoms with Crippen LogP contribution in [-0.4, -0.2) is 35.0 Å². The van der Waals surface area contributed by atoms with E-state index in [9.17, 15) is 18.4 Å². The molecule has 0 heterocycles. The summed E-state index contributed by atoms with van der Waals surface area (Å²) in [5, 5.41) is 8.80. The monoisotopic (exact) mass is 325 g/mol. The number of hydrogen-bond acceptors (Lipinski definition) is 2. The summed E-state index contributed by atoms with van der Waals surface area (Å²) in [6.45, 7) is 4.42. The fourth-order valence-corrected chi connectivity index (χ4v) is 2.85. The van der Waals surface area contributed by atoms with Gasteiger partial charge in [-0.2, -0.15) is 0 Å². The minimum absolute atomic E-state index is 0.0337. The fourth-order valence-electron chi connectivity index (χ4n) is 2.85. The van der Waals surface area contributed by atoms with Crippen LogP contribution in [0.1, 0.15) is 38.2 Å². The Morgan fingerprint density at radius 3 is 2.43 bits per heavy atom. The third kappa shape index (κ3) is 4.27. The van der Waals surface area contributed by atoms with E-state index in [0.29, 0.717) is 13.0 Å². The number of benzene rings is 1. The Morgan fingerprint density at radius 1 is 1.30 bits per heavy atom. The van der Waals surface area contributed by atoms with Gasteiger partial charge in [-0.05, 0) is 24.5 Å². The lowest BCUT2D eigenvalue weighted by Gasteiger charge is -2.24. The highest BCUT2D eigenvalue weighted by atomic mass is 19.1. The zero-order valence-corrected chi connectivity index (χ0v) is 13.3. The highest BCUT2D eigenvalue weighted by molar-refractivity contribution is 5.83. The summed E-state index contributed by atoms with van der Waals surface area (Å²) >= 11 is 0. The molecule has 23 heavy (non-hydrogen) atoms. The number of carbonyl (C=O) groups excluding carboxylic acids is 1. The molecule has 1 saturated carbocycles. The Bertz CT molecular complexity index is 583. The first-order chi connectivity index (χ1) is 10.8. The van der Waals surface area contributed by atoms with Crippen LogP contribution >= 0.6 is 0 Å². The lowest BCUT2D eigenvalue weighted by atomic mass is 10.1. The second kappa shape index (κ2) is 7.06. The van der Waals surface area contributed by atoms with Crippen LogP contribution in [0.2, 0.25) is 0 Å². The van der Waals surface area contributed by atoms with Crippen LogP contribution in [0.3, 0.4) is 0 Å². The Kier molecular flexibility index (Phi) is 5.34. The van der Waals surface area contributed by atoms with Gasteiger partial charge in [-0.15, -0.1) is 0 Å². The minimum Gasteiger partial charge on any atom is -0.481 e. The summed E-state index contributed by atoms with van der Waals surface area (Å²) in [6.07, 6.45) is 0.266. The number of rotatable bonds is 7. The molecular formula is C17H21F2NO3. The first-order valence-electron chi connectivity index (χ1n) is 7.75. The van der Waals surface area contributed by atoms with Gasteiger partial charge >= 0.3 is 5.97 Å². The molecule has 1 amide bonds. The maximum atomic E-state index is 13.8. The van der Waals surface area contributed by atoms with Crippen LogP contribution in [0.5, 0.6) is 0 Å². The number of carboxylic acids is 1. The van der Waals surface area contributed by atoms with Gasteiger partial charge in [0.05, 0.1) is 6.42 Å². The third-order valence-electron chi connectivity index (χ3n) is 3.97. The molecular weight excluding hydrogens is 304 g/mol. The van der Waals surface area contributed by atoms with Crippen molar-refractivity contribution in [3.05, 3.63) is 35.4 Å². The molecule has 0 saturated heterocycles. The average molecular weight is 325 g/mol. The highest BCUT2D eigenvalue weighted by Gasteiger charge is 2.48. The van der Waals surface area contributed by atoms with Crippen molar-refractivity contribution in [3.63, 3.8) is 0 Å². The zero-order valence-electron chi connectivity index (χ0n) is 13.3. The Labute approximate surface area is 134 Å². The molecule has 6 heteroatoms. The predicted molar refractivity (Wildman–Crippen MR) is 80.9 cm³/mol. The maximum Gasteiger partial charge on any atom is 0.305 e. The van der Waals surface area contributed by atoms with E-state index in [4.69, 9.17) is 5.11 Å². The first-order valence-corrected chi connectivity index (χ1v) is 7.75. The summed E-state index contributed by atoms with van der Waals surface area (Å²) in [5.41, 5.74) is -0.0337. The van der Waals surface area contributed by atoms with Crippen LogP contribution in [-0.2, 0) is 9.59 Å². The van der Waals surface area contributed by atoms with Crippen molar-refractivity contribution >= 4 is 11.9 Å². The predicted octanol–water partition coefficient (Wildman–Crippen LogP) is 3.03. The normalized spacial score (nSPS) is 19.7. The van der Waals surface area contributed by atoms with Crippen molar-refractivity contribution in [3.8, 4) is 0 Å². The topological polar surface area (TPSA) is 57.6 Å². The third-order valence-corrected chi connectivity index (χ3v) is 3.97. The molecule has 1 aliphatic carbocycles. The van der Waals surface area contributed by atoms with E-state index >= 15 is 0 Å². The number of aliphatic carboxylic acids is 1. The summed E-state index contributed by atoms with van der Waals surface area (Å²) in [4.78, 5) is 24.8. The molecule has 4 nitrogen and oxygen atoms in total. The Hall–Kier alpha value is -1.98. The van der Waals surface area contributed by atoms with E-state index in [-0.39, 0.29) is 30.4 Å². The number of nitrogens with zero attached hydrogens (tertiary/aromatic N) is 1. The average Bonchev–Trinajstić information content (AvgIpc) is 3.22. The molecule has 1 fully saturated rings. The van der Waals surface area contributed by atoms with Crippen molar-refractivity contribution in [1.29, 1.82) is 0 Å². The summed E-state index contributed by atoms with van der Waals surface area (Å²) in [7, 11) is 0. The molecule has 2 unspecified atom stereocenters. The van der Waals surface area contributed by atoms with Gasteiger partial charge in [0, 0.05) is 30.5 Å². The summed E-state index contributed by atoms with van der Waals surface area (Å²) in [6, 6.07) is 3.68. The van der Waals surface area contributed by atoms with Gasteiger partial charge in [0.15, 0.2) is 0 Å². The van der Waals surface area contributed by atoms with E-state index in [1.165, 1.54) is 23.1 Å². The van der Waals surface area contributed by atoms with Crippen LogP contribution in [0.25, 0.3) is 0 Å². The molecule has 2 rings (SSSR count). The molecule has 1 N–H and O–H groups in total. The molecule has 126 valence electrons. The van der Waals surface area contributed by atoms with Crippen LogP contribution < -0.4 is 0 Å². The molecule has 1 aromatic carbocycles. The van der Waals surface area contributed by atoms with Gasteiger partial charge in [0.25, 0.3) is 0 Å². The molecule has 0 spiro atoms. The molecule has 2 atom stereocenters. The molecule has 0 aliphatic heterocycles. The van der Waals surface area contributed by atoms with E-state index < -0.39 is 29.4 Å². The van der Waals surface area contributed by atoms with Crippen LogP contribution in [0.4, 0.5) is 8.78 Å². The molecule has 1 aromatic rings. The van der Waals surface area contributed by atoms with E-state index in [0.717, 1.165) is 0 Å².